The first-order valence-corrected chi connectivity index (χ1v) is 9.14. The van der Waals surface area contributed by atoms with Gasteiger partial charge in [-0.2, -0.15) is 4.68 Å². The molecule has 1 aliphatic rings. The van der Waals surface area contributed by atoms with E-state index >= 15 is 0 Å². The number of amides is 2. The minimum atomic E-state index is -0.229. The van der Waals surface area contributed by atoms with Crippen molar-refractivity contribution in [2.24, 2.45) is 0 Å². The third kappa shape index (κ3) is 4.05. The first-order valence-electron chi connectivity index (χ1n) is 9.14. The molecular weight excluding hydrogens is 358 g/mol. The molecule has 144 valence electrons. The van der Waals surface area contributed by atoms with Gasteiger partial charge in [0.25, 0.3) is 0 Å². The third-order valence-electron chi connectivity index (χ3n) is 4.59. The van der Waals surface area contributed by atoms with Gasteiger partial charge in [-0.05, 0) is 60.5 Å². The zero-order valence-corrected chi connectivity index (χ0v) is 15.5. The van der Waals surface area contributed by atoms with E-state index in [-0.39, 0.29) is 12.1 Å². The molecule has 1 atom stereocenters. The Labute approximate surface area is 162 Å². The van der Waals surface area contributed by atoms with Crippen molar-refractivity contribution in [3.63, 3.8) is 0 Å². The van der Waals surface area contributed by atoms with E-state index < -0.39 is 0 Å². The number of aromatic nitrogens is 6. The molecule has 4 rings (SSSR count). The topological polar surface area (TPSA) is 114 Å². The summed E-state index contributed by atoms with van der Waals surface area (Å²) in [7, 11) is 0. The molecule has 1 fully saturated rings. The predicted octanol–water partition coefficient (Wildman–Crippen LogP) is 1.55. The van der Waals surface area contributed by atoms with Crippen LogP contribution in [0.2, 0.25) is 0 Å². The fraction of sp³-hybridized carbons (Fsp3) is 0.333. The van der Waals surface area contributed by atoms with Gasteiger partial charge >= 0.3 is 6.03 Å². The molecule has 2 amide bonds. The summed E-state index contributed by atoms with van der Waals surface area (Å²) in [6.07, 6.45) is 5.36. The molecule has 0 aliphatic carbocycles. The summed E-state index contributed by atoms with van der Waals surface area (Å²) < 4.78 is 1.63. The van der Waals surface area contributed by atoms with Gasteiger partial charge in [0.1, 0.15) is 0 Å². The molecule has 0 spiro atoms. The van der Waals surface area contributed by atoms with Crippen molar-refractivity contribution in [1.29, 1.82) is 0 Å². The van der Waals surface area contributed by atoms with Gasteiger partial charge in [-0.1, -0.05) is 0 Å². The largest absolute Gasteiger partial charge is 0.339 e. The molecule has 10 nitrogen and oxygen atoms in total. The van der Waals surface area contributed by atoms with Gasteiger partial charge in [-0.15, -0.1) is 5.10 Å². The van der Waals surface area contributed by atoms with E-state index in [4.69, 9.17) is 0 Å². The molecule has 3 heterocycles. The minimum Gasteiger partial charge on any atom is -0.339 e. The number of tetrazole rings is 1. The first kappa shape index (κ1) is 17.8. The Balaban J connectivity index is 1.33. The van der Waals surface area contributed by atoms with Crippen molar-refractivity contribution in [3.8, 4) is 5.69 Å². The number of hydrogen-bond donors (Lipinski definition) is 2. The van der Waals surface area contributed by atoms with Crippen molar-refractivity contribution in [3.05, 3.63) is 48.5 Å². The molecule has 0 radical (unpaired) electrons. The van der Waals surface area contributed by atoms with E-state index in [9.17, 15) is 4.79 Å². The second-order valence-corrected chi connectivity index (χ2v) is 6.62. The van der Waals surface area contributed by atoms with Crippen LogP contribution in [0.4, 0.5) is 16.4 Å². The number of rotatable bonds is 4. The van der Waals surface area contributed by atoms with Crippen LogP contribution in [0.15, 0.2) is 42.7 Å². The van der Waals surface area contributed by atoms with E-state index in [1.807, 2.05) is 31.2 Å². The summed E-state index contributed by atoms with van der Waals surface area (Å²) in [6.45, 7) is 3.41. The summed E-state index contributed by atoms with van der Waals surface area (Å²) in [5, 5.41) is 17.3. The summed E-state index contributed by atoms with van der Waals surface area (Å²) in [4.78, 5) is 23.1. The van der Waals surface area contributed by atoms with Crippen LogP contribution in [0.25, 0.3) is 5.69 Å². The van der Waals surface area contributed by atoms with E-state index in [1.54, 1.807) is 23.1 Å². The Morgan fingerprint density at radius 2 is 1.96 bits per heavy atom. The number of carbonyl (C=O) groups is 1. The van der Waals surface area contributed by atoms with E-state index in [1.165, 1.54) is 0 Å². The molecule has 1 aromatic carbocycles. The average Bonchev–Trinajstić information content (AvgIpc) is 3.15. The number of piperidine rings is 1. The molecule has 1 aliphatic heterocycles. The quantitative estimate of drug-likeness (QED) is 0.707. The van der Waals surface area contributed by atoms with Crippen molar-refractivity contribution < 1.29 is 4.79 Å². The maximum atomic E-state index is 12.4. The number of nitrogens with one attached hydrogen (secondary N) is 2. The lowest BCUT2D eigenvalue weighted by atomic mass is 10.1. The third-order valence-corrected chi connectivity index (χ3v) is 4.59. The number of anilines is 2. The molecule has 0 saturated carbocycles. The smallest absolute Gasteiger partial charge is 0.319 e. The van der Waals surface area contributed by atoms with E-state index in [2.05, 4.69) is 41.0 Å². The summed E-state index contributed by atoms with van der Waals surface area (Å²) >= 11 is 0. The van der Waals surface area contributed by atoms with Crippen molar-refractivity contribution in [2.45, 2.75) is 25.8 Å². The van der Waals surface area contributed by atoms with Crippen LogP contribution < -0.4 is 15.5 Å². The number of hydrogen-bond acceptors (Lipinski definition) is 7. The Bertz CT molecular complexity index is 926. The lowest BCUT2D eigenvalue weighted by Gasteiger charge is -2.33. The van der Waals surface area contributed by atoms with Crippen LogP contribution >= 0.6 is 0 Å². The lowest BCUT2D eigenvalue weighted by molar-refractivity contribution is 0.246. The Hall–Kier alpha value is -3.56. The average molecular weight is 379 g/mol. The van der Waals surface area contributed by atoms with Crippen LogP contribution in [0.5, 0.6) is 0 Å². The fourth-order valence-electron chi connectivity index (χ4n) is 3.24. The second-order valence-electron chi connectivity index (χ2n) is 6.62. The molecule has 10 heteroatoms. The molecule has 0 bridgehead atoms. The summed E-state index contributed by atoms with van der Waals surface area (Å²) in [5.74, 6) is 1.39. The summed E-state index contributed by atoms with van der Waals surface area (Å²) in [6, 6.07) is 8.96. The maximum Gasteiger partial charge on any atom is 0.319 e. The maximum absolute atomic E-state index is 12.4. The molecule has 1 saturated heterocycles. The monoisotopic (exact) mass is 379 g/mol. The van der Waals surface area contributed by atoms with Crippen molar-refractivity contribution in [1.82, 2.24) is 35.5 Å². The van der Waals surface area contributed by atoms with Crippen LogP contribution in [-0.4, -0.2) is 55.3 Å². The van der Waals surface area contributed by atoms with Gasteiger partial charge in [0.15, 0.2) is 5.82 Å². The van der Waals surface area contributed by atoms with Crippen LogP contribution in [0.3, 0.4) is 0 Å². The number of aryl methyl sites for hydroxylation is 1. The van der Waals surface area contributed by atoms with Crippen LogP contribution in [0, 0.1) is 6.92 Å². The number of nitrogens with zero attached hydrogens (tertiary/aromatic N) is 7. The highest BCUT2D eigenvalue weighted by Crippen LogP contribution is 2.16. The van der Waals surface area contributed by atoms with Crippen LogP contribution in [0.1, 0.15) is 18.7 Å². The highest BCUT2D eigenvalue weighted by atomic mass is 16.2. The molecule has 1 unspecified atom stereocenters. The van der Waals surface area contributed by atoms with Gasteiger partial charge in [0.2, 0.25) is 5.95 Å². The van der Waals surface area contributed by atoms with E-state index in [0.29, 0.717) is 24.0 Å². The predicted molar refractivity (Wildman–Crippen MR) is 103 cm³/mol. The highest BCUT2D eigenvalue weighted by Gasteiger charge is 2.23. The van der Waals surface area contributed by atoms with Crippen LogP contribution in [-0.2, 0) is 0 Å². The standard InChI is InChI=1S/C18H21N9O/c1-13-23-24-25-27(13)16-7-5-14(6-8-16)21-18(28)22-15-4-2-11-26(12-15)17-19-9-3-10-20-17/h3,5-10,15H,2,4,11-12H2,1H3,(H2,21,22,28). The molecule has 2 aromatic heterocycles. The Morgan fingerprint density at radius 3 is 2.68 bits per heavy atom. The van der Waals surface area contributed by atoms with Gasteiger partial charge in [0.05, 0.1) is 5.69 Å². The van der Waals surface area contributed by atoms with Gasteiger partial charge in [-0.3, -0.25) is 0 Å². The SMILES string of the molecule is Cc1nnnn1-c1ccc(NC(=O)NC2CCCN(c3ncccn3)C2)cc1. The van der Waals surface area contributed by atoms with Crippen molar-refractivity contribution >= 4 is 17.7 Å². The molecule has 2 N–H and O–H groups in total. The van der Waals surface area contributed by atoms with Gasteiger partial charge in [-0.25, -0.2) is 14.8 Å². The lowest BCUT2D eigenvalue weighted by Crippen LogP contribution is -2.49. The molecular formula is C18H21N9O. The summed E-state index contributed by atoms with van der Waals surface area (Å²) in [5.41, 5.74) is 1.53. The second kappa shape index (κ2) is 7.99. The minimum absolute atomic E-state index is 0.0423. The fourth-order valence-corrected chi connectivity index (χ4v) is 3.24. The zero-order chi connectivity index (χ0) is 19.3. The Kier molecular flexibility index (Phi) is 5.09. The number of carbonyl (C=O) groups excluding carboxylic acids is 1. The number of urea groups is 1. The van der Waals surface area contributed by atoms with E-state index in [0.717, 1.165) is 25.1 Å². The van der Waals surface area contributed by atoms with Crippen molar-refractivity contribution in [2.75, 3.05) is 23.3 Å². The first-order chi connectivity index (χ1) is 13.7. The Morgan fingerprint density at radius 1 is 1.18 bits per heavy atom. The zero-order valence-electron chi connectivity index (χ0n) is 15.5. The van der Waals surface area contributed by atoms with Gasteiger partial charge in [0, 0.05) is 37.2 Å². The number of benzene rings is 1. The van der Waals surface area contributed by atoms with Gasteiger partial charge < -0.3 is 15.5 Å². The normalized spacial score (nSPS) is 16.6. The molecule has 3 aromatic rings. The molecule has 28 heavy (non-hydrogen) atoms. The highest BCUT2D eigenvalue weighted by molar-refractivity contribution is 5.89.